The first-order chi connectivity index (χ1) is 25.1. The van der Waals surface area contributed by atoms with E-state index in [1.54, 1.807) is 0 Å². The summed E-state index contributed by atoms with van der Waals surface area (Å²) in [5.41, 5.74) is 5.75. The van der Waals surface area contributed by atoms with Crippen LogP contribution in [0.3, 0.4) is 0 Å². The van der Waals surface area contributed by atoms with Crippen LogP contribution in [-0.4, -0.2) is 11.5 Å². The molecule has 0 amide bonds. The Morgan fingerprint density at radius 1 is 0.588 bits per heavy atom. The van der Waals surface area contributed by atoms with Gasteiger partial charge in [0.2, 0.25) is 0 Å². The van der Waals surface area contributed by atoms with E-state index in [2.05, 4.69) is 153 Å². The maximum absolute atomic E-state index is 7.41. The van der Waals surface area contributed by atoms with Gasteiger partial charge in [-0.25, -0.2) is 4.99 Å². The first kappa shape index (κ1) is 30.1. The zero-order valence-electron chi connectivity index (χ0n) is 28.1. The number of amidine groups is 1. The molecular formula is C47H33ClN2O. The first-order valence-corrected chi connectivity index (χ1v) is 18.1. The zero-order valence-corrected chi connectivity index (χ0v) is 28.9. The summed E-state index contributed by atoms with van der Waals surface area (Å²) in [6.45, 7) is 2.29. The van der Waals surface area contributed by atoms with Crippen molar-refractivity contribution in [2.24, 2.45) is 15.9 Å². The summed E-state index contributed by atoms with van der Waals surface area (Å²) in [6, 6.07) is 51.3. The number of halogens is 1. The number of hydrogen-bond acceptors (Lipinski definition) is 3. The van der Waals surface area contributed by atoms with E-state index >= 15 is 0 Å². The minimum absolute atomic E-state index is 0.173. The Kier molecular flexibility index (Phi) is 7.04. The molecule has 0 saturated heterocycles. The minimum atomic E-state index is -0.232. The molecular weight excluding hydrogens is 644 g/mol. The number of hydrogen-bond donors (Lipinski definition) is 0. The van der Waals surface area contributed by atoms with Crippen LogP contribution in [0.2, 0.25) is 5.02 Å². The summed E-state index contributed by atoms with van der Waals surface area (Å²) in [5, 5.41) is 12.2. The van der Waals surface area contributed by atoms with Crippen LogP contribution in [0, 0.1) is 5.92 Å². The smallest absolute Gasteiger partial charge is 0.156 e. The topological polar surface area (TPSA) is 37.9 Å². The maximum Gasteiger partial charge on any atom is 0.156 e. The molecule has 2 unspecified atom stereocenters. The van der Waals surface area contributed by atoms with Gasteiger partial charge >= 0.3 is 0 Å². The average Bonchev–Trinajstić information content (AvgIpc) is 3.57. The van der Waals surface area contributed by atoms with Crippen molar-refractivity contribution in [1.29, 1.82) is 0 Å². The molecule has 244 valence electrons. The summed E-state index contributed by atoms with van der Waals surface area (Å²) >= 11 is 7.41. The monoisotopic (exact) mass is 676 g/mol. The lowest BCUT2D eigenvalue weighted by Gasteiger charge is -2.26. The number of rotatable bonds is 3. The second kappa shape index (κ2) is 11.9. The van der Waals surface area contributed by atoms with Crippen molar-refractivity contribution in [3.05, 3.63) is 167 Å². The molecule has 0 saturated carbocycles. The van der Waals surface area contributed by atoms with Gasteiger partial charge in [0.25, 0.3) is 0 Å². The van der Waals surface area contributed by atoms with Crippen molar-refractivity contribution in [3.63, 3.8) is 0 Å². The molecule has 0 N–H and O–H groups in total. The van der Waals surface area contributed by atoms with Crippen LogP contribution in [0.4, 0.5) is 0 Å². The van der Waals surface area contributed by atoms with Crippen LogP contribution in [-0.2, 0) is 0 Å². The lowest BCUT2D eigenvalue weighted by atomic mass is 9.87. The average molecular weight is 677 g/mol. The largest absolute Gasteiger partial charge is 0.454 e. The van der Waals surface area contributed by atoms with Crippen LogP contribution in [0.5, 0.6) is 0 Å². The van der Waals surface area contributed by atoms with E-state index < -0.39 is 0 Å². The highest BCUT2D eigenvalue weighted by atomic mass is 35.5. The molecule has 0 spiro atoms. The normalized spacial score (nSPS) is 18.9. The van der Waals surface area contributed by atoms with E-state index in [0.717, 1.165) is 73.6 Å². The molecule has 1 aliphatic rings. The van der Waals surface area contributed by atoms with Gasteiger partial charge in [-0.15, -0.1) is 0 Å². The number of nitrogens with zero attached hydrogens (tertiary/aromatic N) is 2. The maximum atomic E-state index is 7.41. The second-order valence-electron chi connectivity index (χ2n) is 13.8. The van der Waals surface area contributed by atoms with Crippen molar-refractivity contribution in [2.45, 2.75) is 25.8 Å². The number of furan rings is 1. The molecule has 0 aliphatic carbocycles. The third-order valence-electron chi connectivity index (χ3n) is 10.8. The van der Waals surface area contributed by atoms with Crippen LogP contribution >= 0.6 is 11.6 Å². The predicted molar refractivity (Wildman–Crippen MR) is 216 cm³/mol. The summed E-state index contributed by atoms with van der Waals surface area (Å²) in [7, 11) is 0. The van der Waals surface area contributed by atoms with E-state index in [4.69, 9.17) is 26.0 Å². The van der Waals surface area contributed by atoms with Crippen molar-refractivity contribution in [1.82, 2.24) is 0 Å². The van der Waals surface area contributed by atoms with E-state index in [9.17, 15) is 0 Å². The fourth-order valence-electron chi connectivity index (χ4n) is 8.23. The third kappa shape index (κ3) is 4.87. The lowest BCUT2D eigenvalue weighted by Crippen LogP contribution is -2.18. The molecule has 4 heteroatoms. The molecule has 2 atom stereocenters. The van der Waals surface area contributed by atoms with Gasteiger partial charge in [-0.3, -0.25) is 4.99 Å². The van der Waals surface area contributed by atoms with E-state index in [1.807, 2.05) is 0 Å². The molecule has 0 radical (unpaired) electrons. The first-order valence-electron chi connectivity index (χ1n) is 17.7. The Labute approximate surface area is 300 Å². The number of fused-ring (bicyclic) bond motifs is 9. The SMILES string of the molecule is CC1CC/C(c2cccc3ccccc23)=N\C(c2cc3ccccc3c3ccccc23)=N/C1c1ccc2c(oc3ccc4ccccc4c32)c1Cl. The molecule has 1 aromatic heterocycles. The van der Waals surface area contributed by atoms with Crippen LogP contribution < -0.4 is 0 Å². The van der Waals surface area contributed by atoms with Crippen LogP contribution in [0.15, 0.2) is 160 Å². The number of aliphatic imine (C=N–C) groups is 2. The molecule has 0 fully saturated rings. The highest BCUT2D eigenvalue weighted by Gasteiger charge is 2.28. The second-order valence-corrected chi connectivity index (χ2v) is 14.2. The van der Waals surface area contributed by atoms with Crippen molar-refractivity contribution in [3.8, 4) is 0 Å². The zero-order chi connectivity index (χ0) is 34.1. The van der Waals surface area contributed by atoms with Gasteiger partial charge < -0.3 is 4.42 Å². The molecule has 8 aromatic carbocycles. The lowest BCUT2D eigenvalue weighted by molar-refractivity contribution is 0.446. The Balaban J connectivity index is 1.23. The van der Waals surface area contributed by atoms with E-state index in [0.29, 0.717) is 10.6 Å². The van der Waals surface area contributed by atoms with Crippen LogP contribution in [0.25, 0.3) is 65.0 Å². The molecule has 1 aliphatic heterocycles. The Bertz CT molecular complexity index is 2910. The van der Waals surface area contributed by atoms with Gasteiger partial charge in [-0.2, -0.15) is 0 Å². The molecule has 0 bridgehead atoms. The minimum Gasteiger partial charge on any atom is -0.454 e. The molecule has 51 heavy (non-hydrogen) atoms. The summed E-state index contributed by atoms with van der Waals surface area (Å²) in [6.07, 6.45) is 1.72. The summed E-state index contributed by atoms with van der Waals surface area (Å²) < 4.78 is 6.54. The van der Waals surface area contributed by atoms with Gasteiger partial charge in [0.1, 0.15) is 5.58 Å². The van der Waals surface area contributed by atoms with E-state index in [1.165, 1.54) is 26.9 Å². The standard InChI is InChI=1S/C47H33ClN2O/c1-28-21-25-41(37-20-10-14-29-11-2-5-15-32(29)37)49-47(40-27-31-13-4-6-16-33(31)35-18-8-9-19-36(35)40)50-45(28)39-24-23-38-43-34-17-7-3-12-30(34)22-26-42(43)51-46(38)44(39)48/h2-20,22-24,26-28,45H,21,25H2,1H3/b49-41+,50-47-. The molecule has 9 aromatic rings. The molecule has 10 rings (SSSR count). The van der Waals surface area contributed by atoms with Crippen molar-refractivity contribution < 1.29 is 4.42 Å². The Morgan fingerprint density at radius 2 is 1.25 bits per heavy atom. The summed E-state index contributed by atoms with van der Waals surface area (Å²) in [5.74, 6) is 0.899. The van der Waals surface area contributed by atoms with Crippen molar-refractivity contribution >= 4 is 88.2 Å². The Morgan fingerprint density at radius 3 is 2.08 bits per heavy atom. The Hall–Kier alpha value is -5.77. The number of benzene rings is 8. The van der Waals surface area contributed by atoms with Gasteiger partial charge in [0.05, 0.1) is 16.8 Å². The van der Waals surface area contributed by atoms with E-state index in [-0.39, 0.29) is 12.0 Å². The fourth-order valence-corrected chi connectivity index (χ4v) is 8.55. The quantitative estimate of drug-likeness (QED) is 0.172. The highest BCUT2D eigenvalue weighted by Crippen LogP contribution is 2.44. The summed E-state index contributed by atoms with van der Waals surface area (Å²) in [4.78, 5) is 11.2. The molecule has 3 nitrogen and oxygen atoms in total. The van der Waals surface area contributed by atoms with Gasteiger partial charge in [0, 0.05) is 21.9 Å². The molecule has 2 heterocycles. The highest BCUT2D eigenvalue weighted by molar-refractivity contribution is 6.37. The van der Waals surface area contributed by atoms with Crippen molar-refractivity contribution in [2.75, 3.05) is 0 Å². The fraction of sp³-hybridized carbons (Fsp3) is 0.106. The third-order valence-corrected chi connectivity index (χ3v) is 11.2. The van der Waals surface area contributed by atoms with Gasteiger partial charge in [0.15, 0.2) is 11.4 Å². The van der Waals surface area contributed by atoms with Gasteiger partial charge in [-0.1, -0.05) is 152 Å². The van der Waals surface area contributed by atoms with Crippen LogP contribution in [0.1, 0.15) is 42.5 Å². The predicted octanol–water partition coefficient (Wildman–Crippen LogP) is 13.3. The van der Waals surface area contributed by atoms with Gasteiger partial charge in [-0.05, 0) is 79.5 Å².